The average Bonchev–Trinajstić information content (AvgIpc) is 3.34. The number of carbonyl (C=O) groups excluding carboxylic acids is 2. The SMILES string of the molecule is O=C(OCCC(=O)N1CCc2cc(-n3ccncc3=O)ccc21)c1ccc(Cl)s1. The second kappa shape index (κ2) is 8.18. The lowest BCUT2D eigenvalue weighted by molar-refractivity contribution is -0.119. The van der Waals surface area contributed by atoms with Crippen LogP contribution in [0, 0.1) is 0 Å². The van der Waals surface area contributed by atoms with Gasteiger partial charge in [0.2, 0.25) is 5.91 Å². The van der Waals surface area contributed by atoms with E-state index in [2.05, 4.69) is 4.98 Å². The third kappa shape index (κ3) is 4.08. The minimum absolute atomic E-state index is 0.00348. The number of carbonyl (C=O) groups is 2. The molecule has 0 saturated carbocycles. The number of nitrogens with zero attached hydrogens (tertiary/aromatic N) is 3. The van der Waals surface area contributed by atoms with Crippen LogP contribution in [0.15, 0.2) is 53.7 Å². The van der Waals surface area contributed by atoms with Crippen LogP contribution in [0.1, 0.15) is 21.7 Å². The highest BCUT2D eigenvalue weighted by molar-refractivity contribution is 7.17. The highest BCUT2D eigenvalue weighted by Gasteiger charge is 2.25. The fourth-order valence-corrected chi connectivity index (χ4v) is 4.16. The van der Waals surface area contributed by atoms with E-state index in [1.54, 1.807) is 35.5 Å². The first kappa shape index (κ1) is 19.4. The summed E-state index contributed by atoms with van der Waals surface area (Å²) in [7, 11) is 0. The monoisotopic (exact) mass is 429 g/mol. The summed E-state index contributed by atoms with van der Waals surface area (Å²) in [5.74, 6) is -0.599. The fraction of sp³-hybridized carbons (Fsp3) is 0.200. The van der Waals surface area contributed by atoms with Crippen molar-refractivity contribution < 1.29 is 14.3 Å². The van der Waals surface area contributed by atoms with Gasteiger partial charge in [0.15, 0.2) is 0 Å². The van der Waals surface area contributed by atoms with Crippen LogP contribution in [-0.2, 0) is 16.0 Å². The van der Waals surface area contributed by atoms with Crippen molar-refractivity contribution in [2.75, 3.05) is 18.1 Å². The Bertz CT molecular complexity index is 1140. The van der Waals surface area contributed by atoms with Gasteiger partial charge in [0, 0.05) is 30.3 Å². The van der Waals surface area contributed by atoms with Gasteiger partial charge < -0.3 is 9.64 Å². The van der Waals surface area contributed by atoms with E-state index < -0.39 is 5.97 Å². The fourth-order valence-electron chi connectivity index (χ4n) is 3.22. The molecule has 1 aromatic carbocycles. The van der Waals surface area contributed by atoms with Crippen LogP contribution >= 0.6 is 22.9 Å². The number of hydrogen-bond donors (Lipinski definition) is 0. The summed E-state index contributed by atoms with van der Waals surface area (Å²) in [6.45, 7) is 0.556. The molecule has 0 bridgehead atoms. The number of thiophene rings is 1. The smallest absolute Gasteiger partial charge is 0.348 e. The van der Waals surface area contributed by atoms with Crippen molar-refractivity contribution in [3.8, 4) is 5.69 Å². The van der Waals surface area contributed by atoms with Gasteiger partial charge in [0.05, 0.1) is 17.0 Å². The van der Waals surface area contributed by atoms with Gasteiger partial charge in [-0.3, -0.25) is 19.1 Å². The molecule has 29 heavy (non-hydrogen) atoms. The van der Waals surface area contributed by atoms with E-state index in [0.717, 1.165) is 28.3 Å². The van der Waals surface area contributed by atoms with Gasteiger partial charge in [-0.05, 0) is 42.3 Å². The summed E-state index contributed by atoms with van der Waals surface area (Å²) in [5.41, 5.74) is 2.32. The van der Waals surface area contributed by atoms with Crippen molar-refractivity contribution in [2.24, 2.45) is 0 Å². The van der Waals surface area contributed by atoms with E-state index in [-0.39, 0.29) is 24.5 Å². The molecule has 4 rings (SSSR count). The maximum Gasteiger partial charge on any atom is 0.348 e. The van der Waals surface area contributed by atoms with Crippen LogP contribution in [0.4, 0.5) is 5.69 Å². The van der Waals surface area contributed by atoms with E-state index in [4.69, 9.17) is 16.3 Å². The molecule has 0 saturated heterocycles. The molecule has 0 atom stereocenters. The van der Waals surface area contributed by atoms with Gasteiger partial charge in [0.25, 0.3) is 5.56 Å². The van der Waals surface area contributed by atoms with Crippen molar-refractivity contribution in [3.63, 3.8) is 0 Å². The first-order valence-corrected chi connectivity index (χ1v) is 10.1. The molecule has 0 radical (unpaired) electrons. The van der Waals surface area contributed by atoms with E-state index in [1.165, 1.54) is 10.8 Å². The van der Waals surface area contributed by atoms with Crippen molar-refractivity contribution in [1.29, 1.82) is 0 Å². The van der Waals surface area contributed by atoms with Crippen molar-refractivity contribution in [2.45, 2.75) is 12.8 Å². The van der Waals surface area contributed by atoms with Gasteiger partial charge in [-0.1, -0.05) is 11.6 Å². The Morgan fingerprint density at radius 3 is 2.86 bits per heavy atom. The summed E-state index contributed by atoms with van der Waals surface area (Å²) < 4.78 is 7.19. The number of anilines is 1. The number of hydrogen-bond acceptors (Lipinski definition) is 6. The lowest BCUT2D eigenvalue weighted by atomic mass is 10.1. The first-order chi connectivity index (χ1) is 14.0. The molecule has 0 spiro atoms. The molecule has 0 aliphatic carbocycles. The maximum absolute atomic E-state index is 12.6. The number of fused-ring (bicyclic) bond motifs is 1. The number of amides is 1. The summed E-state index contributed by atoms with van der Waals surface area (Å²) in [5, 5.41) is 0. The summed E-state index contributed by atoms with van der Waals surface area (Å²) in [4.78, 5) is 42.4. The van der Waals surface area contributed by atoms with Gasteiger partial charge >= 0.3 is 5.97 Å². The molecule has 1 aliphatic heterocycles. The Morgan fingerprint density at radius 2 is 2.10 bits per heavy atom. The molecule has 1 amide bonds. The molecule has 2 aromatic heterocycles. The Balaban J connectivity index is 1.40. The molecule has 0 unspecified atom stereocenters. The second-order valence-corrected chi connectivity index (χ2v) is 8.10. The minimum atomic E-state index is -0.482. The van der Waals surface area contributed by atoms with E-state index in [0.29, 0.717) is 22.2 Å². The van der Waals surface area contributed by atoms with E-state index in [1.807, 2.05) is 12.1 Å². The number of ether oxygens (including phenoxy) is 1. The lowest BCUT2D eigenvalue weighted by Crippen LogP contribution is -2.30. The average molecular weight is 430 g/mol. The largest absolute Gasteiger partial charge is 0.461 e. The van der Waals surface area contributed by atoms with Gasteiger partial charge in [-0.25, -0.2) is 4.79 Å². The molecule has 9 heteroatoms. The summed E-state index contributed by atoms with van der Waals surface area (Å²) >= 11 is 6.95. The Kier molecular flexibility index (Phi) is 5.46. The Labute approximate surface area is 175 Å². The standard InChI is InChI=1S/C20H16ClN3O4S/c21-17-4-3-16(29-17)20(27)28-10-6-18(25)24-8-5-13-11-14(1-2-15(13)24)23-9-7-22-12-19(23)26/h1-4,7,9,11-12H,5-6,8,10H2. The van der Waals surface area contributed by atoms with Crippen molar-refractivity contribution >= 4 is 40.5 Å². The van der Waals surface area contributed by atoms with Crippen LogP contribution in [0.2, 0.25) is 4.34 Å². The predicted molar refractivity (Wildman–Crippen MR) is 110 cm³/mol. The molecule has 0 N–H and O–H groups in total. The third-order valence-corrected chi connectivity index (χ3v) is 5.80. The molecule has 0 fully saturated rings. The molecule has 148 valence electrons. The van der Waals surface area contributed by atoms with Crippen LogP contribution in [0.25, 0.3) is 5.69 Å². The highest BCUT2D eigenvalue weighted by Crippen LogP contribution is 2.30. The van der Waals surface area contributed by atoms with Crippen molar-refractivity contribution in [1.82, 2.24) is 9.55 Å². The van der Waals surface area contributed by atoms with Crippen LogP contribution < -0.4 is 10.5 Å². The second-order valence-electron chi connectivity index (χ2n) is 6.38. The number of esters is 1. The van der Waals surface area contributed by atoms with Crippen molar-refractivity contribution in [3.05, 3.63) is 74.1 Å². The third-order valence-electron chi connectivity index (χ3n) is 4.59. The van der Waals surface area contributed by atoms with Gasteiger partial charge in [-0.2, -0.15) is 0 Å². The van der Waals surface area contributed by atoms with Crippen LogP contribution in [-0.4, -0.2) is 34.6 Å². The normalized spacial score (nSPS) is 12.7. The quantitative estimate of drug-likeness (QED) is 0.582. The highest BCUT2D eigenvalue weighted by atomic mass is 35.5. The molecular weight excluding hydrogens is 414 g/mol. The zero-order chi connectivity index (χ0) is 20.4. The minimum Gasteiger partial charge on any atom is -0.461 e. The predicted octanol–water partition coefficient (Wildman–Crippen LogP) is 3.08. The Morgan fingerprint density at radius 1 is 1.24 bits per heavy atom. The zero-order valence-electron chi connectivity index (χ0n) is 15.2. The van der Waals surface area contributed by atoms with Gasteiger partial charge in [0.1, 0.15) is 11.5 Å². The lowest BCUT2D eigenvalue weighted by Gasteiger charge is -2.17. The molecule has 1 aliphatic rings. The number of halogens is 1. The number of rotatable bonds is 5. The topological polar surface area (TPSA) is 81.5 Å². The molecule has 3 heterocycles. The number of aromatic nitrogens is 2. The molecule has 3 aromatic rings. The first-order valence-electron chi connectivity index (χ1n) is 8.92. The van der Waals surface area contributed by atoms with Crippen LogP contribution in [0.3, 0.4) is 0 Å². The van der Waals surface area contributed by atoms with Gasteiger partial charge in [-0.15, -0.1) is 11.3 Å². The maximum atomic E-state index is 12.6. The summed E-state index contributed by atoms with van der Waals surface area (Å²) in [6, 6.07) is 8.77. The Hall–Kier alpha value is -2.97. The van der Waals surface area contributed by atoms with E-state index in [9.17, 15) is 14.4 Å². The zero-order valence-corrected chi connectivity index (χ0v) is 16.8. The molecular formula is C20H16ClN3O4S. The van der Waals surface area contributed by atoms with Crippen LogP contribution in [0.5, 0.6) is 0 Å². The summed E-state index contributed by atoms with van der Waals surface area (Å²) in [6.07, 6.45) is 5.21. The van der Waals surface area contributed by atoms with E-state index >= 15 is 0 Å². The number of benzene rings is 1. The molecule has 7 nitrogen and oxygen atoms in total.